The number of rotatable bonds is 40. The summed E-state index contributed by atoms with van der Waals surface area (Å²) in [5.41, 5.74) is 39.0. The largest absolute Gasteiger partial charge is 0.248 e. The van der Waals surface area contributed by atoms with E-state index in [2.05, 4.69) is 343 Å². The lowest BCUT2D eigenvalue weighted by molar-refractivity contribution is 0.315. The van der Waals surface area contributed by atoms with Gasteiger partial charge < -0.3 is 0 Å². The molecule has 0 spiro atoms. The highest BCUT2D eigenvalue weighted by atomic mass is 16.6. The van der Waals surface area contributed by atoms with Crippen LogP contribution < -0.4 is 0 Å². The summed E-state index contributed by atoms with van der Waals surface area (Å²) in [4.78, 5) is 10.7. The zero-order valence-corrected chi connectivity index (χ0v) is 75.6. The van der Waals surface area contributed by atoms with Crippen molar-refractivity contribution in [2.75, 3.05) is 0 Å². The van der Waals surface area contributed by atoms with Crippen molar-refractivity contribution < 1.29 is 4.63 Å². The Bertz CT molecular complexity index is 6380. The van der Waals surface area contributed by atoms with E-state index in [1.807, 2.05) is 0 Å². The molecule has 3 aliphatic carbocycles. The molecule has 3 aliphatic rings. The maximum absolute atomic E-state index is 5.68. The molecule has 12 aromatic carbocycles. The molecule has 3 heterocycles. The van der Waals surface area contributed by atoms with E-state index >= 15 is 0 Å². The molecule has 0 amide bonds. The van der Waals surface area contributed by atoms with Gasteiger partial charge in [-0.1, -0.05) is 402 Å². The van der Waals surface area contributed by atoms with Gasteiger partial charge >= 0.3 is 0 Å². The Kier molecular flexibility index (Phi) is 26.4. The van der Waals surface area contributed by atoms with Gasteiger partial charge in [0.1, 0.15) is 11.0 Å². The van der Waals surface area contributed by atoms with Crippen molar-refractivity contribution in [1.29, 1.82) is 0 Å². The van der Waals surface area contributed by atoms with Gasteiger partial charge in [-0.25, -0.2) is 14.6 Å². The van der Waals surface area contributed by atoms with Gasteiger partial charge in [0.25, 0.3) is 0 Å². The second-order valence-electron chi connectivity index (χ2n) is 37.1. The Morgan fingerprint density at radius 3 is 0.841 bits per heavy atom. The van der Waals surface area contributed by atoms with Crippen molar-refractivity contribution in [3.8, 4) is 100 Å². The Balaban J connectivity index is 0.813. The van der Waals surface area contributed by atoms with Crippen LogP contribution in [0.4, 0.5) is 0 Å². The Labute approximate surface area is 750 Å². The maximum Gasteiger partial charge on any atom is 0.143 e. The number of hydrogen-bond acceptors (Lipinski definition) is 5. The normalized spacial score (nSPS) is 13.8. The molecule has 18 rings (SSSR count). The van der Waals surface area contributed by atoms with Crippen LogP contribution in [-0.2, 0) is 16.2 Å². The molecule has 15 aromatic rings. The monoisotopic (exact) mass is 1650 g/mol. The van der Waals surface area contributed by atoms with Gasteiger partial charge in [-0.2, -0.15) is 0 Å². The molecule has 126 heavy (non-hydrogen) atoms. The molecule has 3 aromatic heterocycles. The summed E-state index contributed by atoms with van der Waals surface area (Å²) in [5, 5.41) is 11.5. The molecule has 0 aliphatic heterocycles. The van der Waals surface area contributed by atoms with Crippen molar-refractivity contribution in [3.05, 3.63) is 323 Å². The molecule has 0 fully saturated rings. The second kappa shape index (κ2) is 39.1. The van der Waals surface area contributed by atoms with E-state index in [1.165, 1.54) is 254 Å². The maximum atomic E-state index is 5.68. The number of pyridine rings is 2. The van der Waals surface area contributed by atoms with Crippen LogP contribution in [0.1, 0.15) is 290 Å². The molecular formula is C121H126N4O. The molecule has 0 radical (unpaired) electrons. The summed E-state index contributed by atoms with van der Waals surface area (Å²) in [7, 11) is 0. The lowest BCUT2D eigenvalue weighted by Gasteiger charge is -2.34. The predicted molar refractivity (Wildman–Crippen MR) is 537 cm³/mol. The molecule has 0 atom stereocenters. The smallest absolute Gasteiger partial charge is 0.143 e. The summed E-state index contributed by atoms with van der Waals surface area (Å²) < 4.78 is 5.68. The highest BCUT2D eigenvalue weighted by Crippen LogP contribution is 2.61. The molecule has 0 saturated carbocycles. The summed E-state index contributed by atoms with van der Waals surface area (Å²) in [6, 6.07) is 103. The van der Waals surface area contributed by atoms with Crippen LogP contribution in [0.15, 0.2) is 272 Å². The first kappa shape index (κ1) is 85.1. The standard InChI is InChI=1S/C121H126N4O/c1-7-13-19-35-71-119(72-36-20-14-8-2)109-79-89(85-41-27-25-28-42-85)53-63-101(109)102-64-54-90(80-110(102)119)91-55-65-103-105-67-57-95(83-113(105)120(111(103)81-91,73-37-21-15-9-3)74-38-22-16-10-4)107-77-93(52-62-98-60-50-88-46-32-34-48-116(88)123-98)108(78-92(107)51-61-97-59-49-87-45-31-33-47-115(87)122-97)96-58-68-106-104-66-56-94(100-70-69-99(86-43-29-26-30-44-86)117-118(100)125-126-124-117)82-112(104)121(114(106)84-96,75-39-23-17-11-5)76-40-24-18-12-6/h25-34,41-70,77-84H,7-24,35-40,71-76H2,1-6H3/b61-51-,62-52+. The topological polar surface area (TPSA) is 64.7 Å². The molecule has 0 bridgehead atoms. The van der Waals surface area contributed by atoms with Crippen LogP contribution in [-0.4, -0.2) is 20.3 Å². The summed E-state index contributed by atoms with van der Waals surface area (Å²) in [5.74, 6) is 0. The van der Waals surface area contributed by atoms with Crippen molar-refractivity contribution >= 4 is 57.1 Å². The molecule has 636 valence electrons. The van der Waals surface area contributed by atoms with E-state index in [0.717, 1.165) is 116 Å². The highest BCUT2D eigenvalue weighted by molar-refractivity contribution is 6.02. The minimum absolute atomic E-state index is 0.0734. The van der Waals surface area contributed by atoms with Gasteiger partial charge in [0.05, 0.1) is 22.4 Å². The van der Waals surface area contributed by atoms with Crippen LogP contribution >= 0.6 is 0 Å². The summed E-state index contributed by atoms with van der Waals surface area (Å²) in [6.07, 6.45) is 45.1. The number of unbranched alkanes of at least 4 members (excludes halogenated alkanes) is 18. The fraction of sp³-hybridized carbons (Fsp3) is 0.322. The summed E-state index contributed by atoms with van der Waals surface area (Å²) in [6.45, 7) is 14.2. The zero-order valence-electron chi connectivity index (χ0n) is 75.6. The molecule has 0 saturated heterocycles. The van der Waals surface area contributed by atoms with E-state index in [1.54, 1.807) is 11.1 Å². The quantitative estimate of drug-likeness (QED) is 0.0358. The van der Waals surface area contributed by atoms with Crippen molar-refractivity contribution in [2.24, 2.45) is 0 Å². The van der Waals surface area contributed by atoms with Crippen LogP contribution in [0.2, 0.25) is 0 Å². The van der Waals surface area contributed by atoms with Crippen LogP contribution in [0.3, 0.4) is 0 Å². The summed E-state index contributed by atoms with van der Waals surface area (Å²) >= 11 is 0. The van der Waals surface area contributed by atoms with E-state index in [4.69, 9.17) is 14.6 Å². The van der Waals surface area contributed by atoms with Gasteiger partial charge in [-0.05, 0) is 267 Å². The first-order chi connectivity index (χ1) is 62.2. The van der Waals surface area contributed by atoms with Gasteiger partial charge in [0, 0.05) is 38.1 Å². The first-order valence-electron chi connectivity index (χ1n) is 48.7. The molecule has 0 unspecified atom stereocenters. The number of nitrogens with zero attached hydrogens (tertiary/aromatic N) is 4. The average Bonchev–Trinajstić information content (AvgIpc) is 1.56. The fourth-order valence-corrected chi connectivity index (χ4v) is 22.3. The van der Waals surface area contributed by atoms with Gasteiger partial charge in [0.15, 0.2) is 0 Å². The number of hydrogen-bond donors (Lipinski definition) is 0. The third kappa shape index (κ3) is 17.1. The lowest BCUT2D eigenvalue weighted by Crippen LogP contribution is -2.26. The number of benzene rings is 12. The number of fused-ring (bicyclic) bond motifs is 12. The Morgan fingerprint density at radius 1 is 0.222 bits per heavy atom. The van der Waals surface area contributed by atoms with Gasteiger partial charge in [-0.3, -0.25) is 0 Å². The molecule has 0 N–H and O–H groups in total. The molecule has 5 nitrogen and oxygen atoms in total. The van der Waals surface area contributed by atoms with E-state index in [-0.39, 0.29) is 16.2 Å². The van der Waals surface area contributed by atoms with Crippen molar-refractivity contribution in [3.63, 3.8) is 0 Å². The second-order valence-corrected chi connectivity index (χ2v) is 37.1. The van der Waals surface area contributed by atoms with Gasteiger partial charge in [-0.15, -0.1) is 0 Å². The third-order valence-corrected chi connectivity index (χ3v) is 29.0. The number of para-hydroxylation sites is 2. The average molecular weight is 1650 g/mol. The highest BCUT2D eigenvalue weighted by Gasteiger charge is 2.47. The SMILES string of the molecule is CCCCCCC1(CCCCCC)c2cc(-c3ccccc3)ccc2-c2ccc(-c3ccc4c(c3)C(CCCCCC)(CCCCCC)c3cc(-c5cc(/C=C/c6ccc7ccccc7n6)c(-c6ccc7c(c6)C(CCCCCC)(CCCCCC)c6cc(-c8ccc(-c9ccccc9)c9nonc89)ccc6-7)cc5/C=C\c5ccc6ccccc6n5)ccc3-4)cc21. The number of aromatic nitrogens is 4. The molecule has 5 heteroatoms. The van der Waals surface area contributed by atoms with Crippen LogP contribution in [0.25, 0.3) is 157 Å². The minimum atomic E-state index is -0.254. The predicted octanol–water partition coefficient (Wildman–Crippen LogP) is 35.3. The molecular weight excluding hydrogens is 1530 g/mol. The van der Waals surface area contributed by atoms with Crippen LogP contribution in [0, 0.1) is 0 Å². The minimum Gasteiger partial charge on any atom is -0.248 e. The Hall–Kier alpha value is -11.7. The van der Waals surface area contributed by atoms with E-state index < -0.39 is 0 Å². The van der Waals surface area contributed by atoms with Crippen LogP contribution in [0.5, 0.6) is 0 Å². The third-order valence-electron chi connectivity index (χ3n) is 29.0. The fourth-order valence-electron chi connectivity index (χ4n) is 22.3. The zero-order chi connectivity index (χ0) is 85.8. The van der Waals surface area contributed by atoms with Gasteiger partial charge in [0.2, 0.25) is 0 Å². The van der Waals surface area contributed by atoms with E-state index in [9.17, 15) is 0 Å². The van der Waals surface area contributed by atoms with Crippen molar-refractivity contribution in [1.82, 2.24) is 20.3 Å². The Morgan fingerprint density at radius 2 is 0.500 bits per heavy atom. The lowest BCUT2D eigenvalue weighted by atomic mass is 9.69. The first-order valence-corrected chi connectivity index (χ1v) is 48.7. The van der Waals surface area contributed by atoms with Crippen molar-refractivity contribution in [2.45, 2.75) is 250 Å². The van der Waals surface area contributed by atoms with E-state index in [0.29, 0.717) is 0 Å².